The van der Waals surface area contributed by atoms with Crippen LogP contribution in [0, 0.1) is 0 Å². The van der Waals surface area contributed by atoms with Gasteiger partial charge in [-0.3, -0.25) is 0 Å². The van der Waals surface area contributed by atoms with Crippen LogP contribution in [-0.2, 0) is 6.54 Å². The second-order valence-corrected chi connectivity index (χ2v) is 3.43. The molecular formula is C14H17N. The molecule has 0 amide bonds. The van der Waals surface area contributed by atoms with Crippen molar-refractivity contribution >= 4 is 0 Å². The monoisotopic (exact) mass is 199 g/mol. The first-order valence-electron chi connectivity index (χ1n) is 4.97. The standard InChI is InChI=1S/C14H17N/c1-4-5-9-13(2)15(3)12-14-10-7-6-8-11-14/h4-11H,1-2,12H2,3H3/b9-5-. The van der Waals surface area contributed by atoms with Gasteiger partial charge in [-0.15, -0.1) is 0 Å². The molecule has 15 heavy (non-hydrogen) atoms. The molecule has 0 N–H and O–H groups in total. The van der Waals surface area contributed by atoms with Gasteiger partial charge in [-0.25, -0.2) is 0 Å². The SMILES string of the molecule is C=C/C=C\C(=C)N(C)Cc1ccccc1. The summed E-state index contributed by atoms with van der Waals surface area (Å²) < 4.78 is 0. The van der Waals surface area contributed by atoms with E-state index in [-0.39, 0.29) is 0 Å². The number of allylic oxidation sites excluding steroid dienone is 3. The van der Waals surface area contributed by atoms with Gasteiger partial charge in [-0.1, -0.05) is 55.6 Å². The molecule has 0 aliphatic carbocycles. The first-order valence-corrected chi connectivity index (χ1v) is 4.97. The Balaban J connectivity index is 2.56. The molecule has 1 heteroatoms. The highest BCUT2D eigenvalue weighted by atomic mass is 15.1. The Bertz CT molecular complexity index is 349. The van der Waals surface area contributed by atoms with E-state index in [1.807, 2.05) is 37.4 Å². The molecule has 1 nitrogen and oxygen atoms in total. The first-order chi connectivity index (χ1) is 7.24. The van der Waals surface area contributed by atoms with E-state index in [1.54, 1.807) is 6.08 Å². The average Bonchev–Trinajstić information content (AvgIpc) is 2.27. The summed E-state index contributed by atoms with van der Waals surface area (Å²) >= 11 is 0. The van der Waals surface area contributed by atoms with Crippen LogP contribution in [0.3, 0.4) is 0 Å². The Labute approximate surface area is 92.0 Å². The van der Waals surface area contributed by atoms with E-state index in [2.05, 4.69) is 30.2 Å². The summed E-state index contributed by atoms with van der Waals surface area (Å²) in [5, 5.41) is 0. The maximum Gasteiger partial charge on any atom is 0.0426 e. The van der Waals surface area contributed by atoms with Gasteiger partial charge >= 0.3 is 0 Å². The van der Waals surface area contributed by atoms with Gasteiger partial charge in [0.1, 0.15) is 0 Å². The Kier molecular flexibility index (Phi) is 4.42. The number of hydrogen-bond acceptors (Lipinski definition) is 1. The molecule has 1 aromatic carbocycles. The quantitative estimate of drug-likeness (QED) is 0.657. The van der Waals surface area contributed by atoms with Crippen molar-refractivity contribution in [2.45, 2.75) is 6.54 Å². The molecule has 0 bridgehead atoms. The van der Waals surface area contributed by atoms with Crippen molar-refractivity contribution in [3.8, 4) is 0 Å². The first kappa shape index (κ1) is 11.3. The minimum absolute atomic E-state index is 0.876. The topological polar surface area (TPSA) is 3.24 Å². The van der Waals surface area contributed by atoms with Crippen molar-refractivity contribution in [2.24, 2.45) is 0 Å². The lowest BCUT2D eigenvalue weighted by molar-refractivity contribution is 0.426. The number of rotatable bonds is 5. The maximum absolute atomic E-state index is 3.98. The summed E-state index contributed by atoms with van der Waals surface area (Å²) in [6, 6.07) is 10.3. The molecule has 78 valence electrons. The molecule has 0 heterocycles. The molecule has 0 fully saturated rings. The second-order valence-electron chi connectivity index (χ2n) is 3.43. The van der Waals surface area contributed by atoms with Crippen LogP contribution in [-0.4, -0.2) is 11.9 Å². The number of nitrogens with zero attached hydrogens (tertiary/aromatic N) is 1. The third-order valence-corrected chi connectivity index (χ3v) is 2.18. The van der Waals surface area contributed by atoms with Crippen LogP contribution in [0.25, 0.3) is 0 Å². The third-order valence-electron chi connectivity index (χ3n) is 2.18. The second kappa shape index (κ2) is 5.86. The molecule has 0 saturated carbocycles. The molecular weight excluding hydrogens is 182 g/mol. The van der Waals surface area contributed by atoms with Crippen molar-refractivity contribution < 1.29 is 0 Å². The van der Waals surface area contributed by atoms with Crippen molar-refractivity contribution in [3.63, 3.8) is 0 Å². The zero-order valence-corrected chi connectivity index (χ0v) is 9.19. The number of likely N-dealkylation sites (N-methyl/N-ethyl adjacent to an activating group) is 1. The summed E-state index contributed by atoms with van der Waals surface area (Å²) in [6.07, 6.45) is 5.60. The zero-order valence-electron chi connectivity index (χ0n) is 9.19. The highest BCUT2D eigenvalue weighted by Gasteiger charge is 1.99. The van der Waals surface area contributed by atoms with Crippen LogP contribution in [0.2, 0.25) is 0 Å². The van der Waals surface area contributed by atoms with Gasteiger partial charge in [0.15, 0.2) is 0 Å². The molecule has 0 atom stereocenters. The van der Waals surface area contributed by atoms with Crippen LogP contribution in [0.4, 0.5) is 0 Å². The fourth-order valence-corrected chi connectivity index (χ4v) is 1.27. The van der Waals surface area contributed by atoms with E-state index in [0.29, 0.717) is 0 Å². The average molecular weight is 199 g/mol. The maximum atomic E-state index is 3.98. The Hall–Kier alpha value is -1.76. The van der Waals surface area contributed by atoms with E-state index >= 15 is 0 Å². The van der Waals surface area contributed by atoms with Gasteiger partial charge in [0.2, 0.25) is 0 Å². The third kappa shape index (κ3) is 3.86. The van der Waals surface area contributed by atoms with Gasteiger partial charge in [-0.05, 0) is 11.6 Å². The lowest BCUT2D eigenvalue weighted by atomic mass is 10.2. The zero-order chi connectivity index (χ0) is 11.1. The number of benzene rings is 1. The van der Waals surface area contributed by atoms with E-state index in [4.69, 9.17) is 0 Å². The minimum Gasteiger partial charge on any atom is -0.371 e. The van der Waals surface area contributed by atoms with Gasteiger partial charge in [-0.2, -0.15) is 0 Å². The summed E-state index contributed by atoms with van der Waals surface area (Å²) in [5.74, 6) is 0. The molecule has 1 rings (SSSR count). The smallest absolute Gasteiger partial charge is 0.0426 e. The minimum atomic E-state index is 0.876. The predicted molar refractivity (Wildman–Crippen MR) is 66.4 cm³/mol. The highest BCUT2D eigenvalue weighted by molar-refractivity contribution is 5.20. The van der Waals surface area contributed by atoms with Crippen molar-refractivity contribution in [3.05, 3.63) is 73.0 Å². The summed E-state index contributed by atoms with van der Waals surface area (Å²) in [5.41, 5.74) is 2.27. The molecule has 0 radical (unpaired) electrons. The normalized spacial score (nSPS) is 10.2. The van der Waals surface area contributed by atoms with Gasteiger partial charge < -0.3 is 4.90 Å². The summed E-state index contributed by atoms with van der Waals surface area (Å²) in [6.45, 7) is 8.49. The molecule has 0 saturated heterocycles. The molecule has 0 aromatic heterocycles. The van der Waals surface area contributed by atoms with Gasteiger partial charge in [0.25, 0.3) is 0 Å². The van der Waals surface area contributed by atoms with Crippen LogP contribution in [0.15, 0.2) is 67.4 Å². The molecule has 0 aliphatic heterocycles. The lowest BCUT2D eigenvalue weighted by Gasteiger charge is -2.19. The fourth-order valence-electron chi connectivity index (χ4n) is 1.27. The largest absolute Gasteiger partial charge is 0.371 e. The lowest BCUT2D eigenvalue weighted by Crippen LogP contribution is -2.14. The molecule has 0 unspecified atom stereocenters. The van der Waals surface area contributed by atoms with Crippen LogP contribution < -0.4 is 0 Å². The molecule has 0 spiro atoms. The Morgan fingerprint density at radius 1 is 1.33 bits per heavy atom. The van der Waals surface area contributed by atoms with Crippen LogP contribution >= 0.6 is 0 Å². The van der Waals surface area contributed by atoms with E-state index in [1.165, 1.54) is 5.56 Å². The van der Waals surface area contributed by atoms with E-state index in [0.717, 1.165) is 12.2 Å². The highest BCUT2D eigenvalue weighted by Crippen LogP contribution is 2.08. The van der Waals surface area contributed by atoms with Crippen molar-refractivity contribution in [1.82, 2.24) is 4.90 Å². The summed E-state index contributed by atoms with van der Waals surface area (Å²) in [7, 11) is 2.03. The fraction of sp³-hybridized carbons (Fsp3) is 0.143. The predicted octanol–water partition coefficient (Wildman–Crippen LogP) is 3.37. The van der Waals surface area contributed by atoms with Crippen LogP contribution in [0.5, 0.6) is 0 Å². The molecule has 0 aliphatic rings. The van der Waals surface area contributed by atoms with Crippen molar-refractivity contribution in [1.29, 1.82) is 0 Å². The van der Waals surface area contributed by atoms with Crippen LogP contribution in [0.1, 0.15) is 5.56 Å². The van der Waals surface area contributed by atoms with Gasteiger partial charge in [0.05, 0.1) is 0 Å². The Morgan fingerprint density at radius 2 is 2.00 bits per heavy atom. The van der Waals surface area contributed by atoms with Crippen molar-refractivity contribution in [2.75, 3.05) is 7.05 Å². The van der Waals surface area contributed by atoms with Gasteiger partial charge in [0, 0.05) is 19.3 Å². The summed E-state index contributed by atoms with van der Waals surface area (Å²) in [4.78, 5) is 2.11. The van der Waals surface area contributed by atoms with E-state index in [9.17, 15) is 0 Å². The van der Waals surface area contributed by atoms with E-state index < -0.39 is 0 Å². The number of hydrogen-bond donors (Lipinski definition) is 0. The molecule has 1 aromatic rings. The Morgan fingerprint density at radius 3 is 2.60 bits per heavy atom.